The predicted octanol–water partition coefficient (Wildman–Crippen LogP) is 4.20. The van der Waals surface area contributed by atoms with Crippen LogP contribution < -0.4 is 5.32 Å². The lowest BCUT2D eigenvalue weighted by Crippen LogP contribution is -2.26. The van der Waals surface area contributed by atoms with Crippen molar-refractivity contribution in [2.75, 3.05) is 18.5 Å². The SMILES string of the molecule is CC(Nc1cc(Cl)cc(C(F)(F)F)c1)C1CCOC1. The Hall–Kier alpha value is -0.940. The molecule has 1 aliphatic heterocycles. The van der Waals surface area contributed by atoms with Gasteiger partial charge in [-0.1, -0.05) is 11.6 Å². The molecular weight excluding hydrogens is 279 g/mol. The van der Waals surface area contributed by atoms with Gasteiger partial charge in [0.05, 0.1) is 12.2 Å². The molecule has 1 N–H and O–H groups in total. The summed E-state index contributed by atoms with van der Waals surface area (Å²) < 4.78 is 43.3. The lowest BCUT2D eigenvalue weighted by molar-refractivity contribution is -0.137. The predicted molar refractivity (Wildman–Crippen MR) is 68.5 cm³/mol. The zero-order valence-electron chi connectivity index (χ0n) is 10.4. The van der Waals surface area contributed by atoms with Crippen LogP contribution in [0.5, 0.6) is 0 Å². The maximum atomic E-state index is 12.7. The van der Waals surface area contributed by atoms with Crippen LogP contribution in [-0.4, -0.2) is 19.3 Å². The smallest absolute Gasteiger partial charge is 0.382 e. The third-order valence-electron chi connectivity index (χ3n) is 3.29. The zero-order chi connectivity index (χ0) is 14.0. The van der Waals surface area contributed by atoms with Crippen LogP contribution >= 0.6 is 11.6 Å². The molecule has 0 radical (unpaired) electrons. The number of hydrogen-bond donors (Lipinski definition) is 1. The van der Waals surface area contributed by atoms with Crippen LogP contribution in [0.4, 0.5) is 18.9 Å². The molecule has 2 nitrogen and oxygen atoms in total. The van der Waals surface area contributed by atoms with Gasteiger partial charge in [0.2, 0.25) is 0 Å². The van der Waals surface area contributed by atoms with Crippen molar-refractivity contribution in [1.29, 1.82) is 0 Å². The monoisotopic (exact) mass is 293 g/mol. The minimum atomic E-state index is -4.39. The Morgan fingerprint density at radius 3 is 2.68 bits per heavy atom. The molecule has 19 heavy (non-hydrogen) atoms. The standard InChI is InChI=1S/C13H15ClF3NO/c1-8(9-2-3-19-7-9)18-12-5-10(13(15,16)17)4-11(14)6-12/h4-6,8-9,18H,2-3,7H2,1H3. The summed E-state index contributed by atoms with van der Waals surface area (Å²) in [7, 11) is 0. The summed E-state index contributed by atoms with van der Waals surface area (Å²) in [6.45, 7) is 3.29. The van der Waals surface area contributed by atoms with Crippen molar-refractivity contribution in [2.24, 2.45) is 5.92 Å². The lowest BCUT2D eigenvalue weighted by Gasteiger charge is -2.21. The Morgan fingerprint density at radius 1 is 1.37 bits per heavy atom. The van der Waals surface area contributed by atoms with E-state index in [2.05, 4.69) is 5.32 Å². The van der Waals surface area contributed by atoms with E-state index in [1.807, 2.05) is 6.92 Å². The minimum Gasteiger partial charge on any atom is -0.382 e. The summed E-state index contributed by atoms with van der Waals surface area (Å²) >= 11 is 5.73. The molecule has 1 saturated heterocycles. The van der Waals surface area contributed by atoms with E-state index in [1.54, 1.807) is 0 Å². The topological polar surface area (TPSA) is 21.3 Å². The highest BCUT2D eigenvalue weighted by molar-refractivity contribution is 6.30. The lowest BCUT2D eigenvalue weighted by atomic mass is 10.0. The first-order valence-electron chi connectivity index (χ1n) is 6.08. The molecule has 1 heterocycles. The van der Waals surface area contributed by atoms with Crippen molar-refractivity contribution in [3.8, 4) is 0 Å². The van der Waals surface area contributed by atoms with Gasteiger partial charge in [-0.3, -0.25) is 0 Å². The van der Waals surface area contributed by atoms with E-state index in [9.17, 15) is 13.2 Å². The summed E-state index contributed by atoms with van der Waals surface area (Å²) in [6, 6.07) is 3.55. The minimum absolute atomic E-state index is 0.0436. The highest BCUT2D eigenvalue weighted by Gasteiger charge is 2.31. The van der Waals surface area contributed by atoms with Gasteiger partial charge >= 0.3 is 6.18 Å². The molecule has 0 saturated carbocycles. The number of nitrogens with one attached hydrogen (secondary N) is 1. The van der Waals surface area contributed by atoms with Crippen LogP contribution in [0.1, 0.15) is 18.9 Å². The highest BCUT2D eigenvalue weighted by atomic mass is 35.5. The molecule has 0 bridgehead atoms. The van der Waals surface area contributed by atoms with Crippen molar-refractivity contribution in [1.82, 2.24) is 0 Å². The Kier molecular flexibility index (Phi) is 4.26. The Labute approximate surface area is 114 Å². The normalized spacial score (nSPS) is 21.4. The second-order valence-electron chi connectivity index (χ2n) is 4.78. The Bertz CT molecular complexity index is 444. The van der Waals surface area contributed by atoms with Gasteiger partial charge in [-0.05, 0) is 31.5 Å². The fraction of sp³-hybridized carbons (Fsp3) is 0.538. The van der Waals surface area contributed by atoms with E-state index < -0.39 is 11.7 Å². The summed E-state index contributed by atoms with van der Waals surface area (Å²) in [5.74, 6) is 0.313. The Balaban J connectivity index is 2.13. The molecule has 0 aromatic heterocycles. The highest BCUT2D eigenvalue weighted by Crippen LogP contribution is 2.33. The molecule has 6 heteroatoms. The summed E-state index contributed by atoms with van der Waals surface area (Å²) in [4.78, 5) is 0. The molecule has 2 rings (SSSR count). The van der Waals surface area contributed by atoms with Crippen molar-refractivity contribution in [3.05, 3.63) is 28.8 Å². The number of hydrogen-bond acceptors (Lipinski definition) is 2. The number of alkyl halides is 3. The van der Waals surface area contributed by atoms with Crippen LogP contribution in [0.2, 0.25) is 5.02 Å². The second-order valence-corrected chi connectivity index (χ2v) is 5.22. The van der Waals surface area contributed by atoms with Crippen LogP contribution in [0.15, 0.2) is 18.2 Å². The fourth-order valence-electron chi connectivity index (χ4n) is 2.16. The van der Waals surface area contributed by atoms with Crippen LogP contribution in [0.3, 0.4) is 0 Å². The zero-order valence-corrected chi connectivity index (χ0v) is 11.2. The van der Waals surface area contributed by atoms with Gasteiger partial charge in [-0.2, -0.15) is 13.2 Å². The van der Waals surface area contributed by atoms with Gasteiger partial charge in [0.1, 0.15) is 0 Å². The van der Waals surface area contributed by atoms with Crippen molar-refractivity contribution in [3.63, 3.8) is 0 Å². The van der Waals surface area contributed by atoms with Gasteiger partial charge in [0, 0.05) is 29.3 Å². The molecule has 0 amide bonds. The van der Waals surface area contributed by atoms with Crippen LogP contribution in [-0.2, 0) is 10.9 Å². The summed E-state index contributed by atoms with van der Waals surface area (Å²) in [6.07, 6.45) is -3.47. The summed E-state index contributed by atoms with van der Waals surface area (Å²) in [5, 5.41) is 3.15. The largest absolute Gasteiger partial charge is 0.416 e. The fourth-order valence-corrected chi connectivity index (χ4v) is 2.40. The molecular formula is C13H15ClF3NO. The maximum absolute atomic E-state index is 12.7. The van der Waals surface area contributed by atoms with E-state index in [0.717, 1.165) is 18.6 Å². The molecule has 1 fully saturated rings. The number of rotatable bonds is 3. The molecule has 106 valence electrons. The van der Waals surface area contributed by atoms with E-state index in [-0.39, 0.29) is 11.1 Å². The molecule has 1 aromatic carbocycles. The van der Waals surface area contributed by atoms with E-state index in [1.165, 1.54) is 6.07 Å². The third-order valence-corrected chi connectivity index (χ3v) is 3.51. The second kappa shape index (κ2) is 5.59. The van der Waals surface area contributed by atoms with Crippen molar-refractivity contribution < 1.29 is 17.9 Å². The van der Waals surface area contributed by atoms with Gasteiger partial charge < -0.3 is 10.1 Å². The average Bonchev–Trinajstić information content (AvgIpc) is 2.80. The molecule has 2 unspecified atom stereocenters. The first-order valence-corrected chi connectivity index (χ1v) is 6.46. The Morgan fingerprint density at radius 2 is 2.11 bits per heavy atom. The van der Waals surface area contributed by atoms with Gasteiger partial charge in [-0.25, -0.2) is 0 Å². The molecule has 2 atom stereocenters. The van der Waals surface area contributed by atoms with Crippen LogP contribution in [0, 0.1) is 5.92 Å². The van der Waals surface area contributed by atoms with Crippen molar-refractivity contribution in [2.45, 2.75) is 25.6 Å². The first-order chi connectivity index (χ1) is 8.86. The number of halogens is 4. The number of benzene rings is 1. The van der Waals surface area contributed by atoms with Gasteiger partial charge in [0.25, 0.3) is 0 Å². The summed E-state index contributed by atoms with van der Waals surface area (Å²) in [5.41, 5.74) is -0.350. The number of ether oxygens (including phenoxy) is 1. The molecule has 1 aromatic rings. The molecule has 1 aliphatic rings. The van der Waals surface area contributed by atoms with E-state index in [0.29, 0.717) is 24.8 Å². The first kappa shape index (κ1) is 14.5. The van der Waals surface area contributed by atoms with E-state index in [4.69, 9.17) is 16.3 Å². The quantitative estimate of drug-likeness (QED) is 0.902. The maximum Gasteiger partial charge on any atom is 0.416 e. The average molecular weight is 294 g/mol. The van der Waals surface area contributed by atoms with Crippen molar-refractivity contribution >= 4 is 17.3 Å². The third kappa shape index (κ3) is 3.76. The van der Waals surface area contributed by atoms with E-state index >= 15 is 0 Å². The van der Waals surface area contributed by atoms with Gasteiger partial charge in [0.15, 0.2) is 0 Å². The molecule has 0 aliphatic carbocycles. The van der Waals surface area contributed by atoms with Gasteiger partial charge in [-0.15, -0.1) is 0 Å². The number of anilines is 1. The molecule has 0 spiro atoms. The van der Waals surface area contributed by atoms with Crippen LogP contribution in [0.25, 0.3) is 0 Å².